The second-order valence-electron chi connectivity index (χ2n) is 4.97. The minimum absolute atomic E-state index is 0.0158. The smallest absolute Gasteiger partial charge is 0.317 e. The molecule has 0 aromatic heterocycles. The van der Waals surface area contributed by atoms with Crippen molar-refractivity contribution in [1.29, 1.82) is 0 Å². The van der Waals surface area contributed by atoms with E-state index in [9.17, 15) is 4.79 Å². The first kappa shape index (κ1) is 15.2. The van der Waals surface area contributed by atoms with E-state index in [1.807, 2.05) is 11.8 Å². The first-order valence-electron chi connectivity index (χ1n) is 6.19. The van der Waals surface area contributed by atoms with Gasteiger partial charge < -0.3 is 16.0 Å². The van der Waals surface area contributed by atoms with Crippen LogP contribution in [0.5, 0.6) is 0 Å². The Morgan fingerprint density at radius 2 is 2.00 bits per heavy atom. The quantitative estimate of drug-likeness (QED) is 0.654. The van der Waals surface area contributed by atoms with E-state index in [1.54, 1.807) is 0 Å². The molecule has 96 valence electrons. The van der Waals surface area contributed by atoms with Crippen LogP contribution in [0.1, 0.15) is 40.5 Å². The molecule has 2 amide bonds. The molecule has 0 rings (SSSR count). The molecule has 0 aliphatic rings. The van der Waals surface area contributed by atoms with Gasteiger partial charge in [-0.1, -0.05) is 27.2 Å². The Morgan fingerprint density at radius 1 is 1.38 bits per heavy atom. The predicted molar refractivity (Wildman–Crippen MR) is 68.4 cm³/mol. The van der Waals surface area contributed by atoms with Gasteiger partial charge in [0.25, 0.3) is 0 Å². The summed E-state index contributed by atoms with van der Waals surface area (Å²) in [6.07, 6.45) is 2.13. The van der Waals surface area contributed by atoms with Gasteiger partial charge in [0.1, 0.15) is 0 Å². The molecule has 0 aliphatic carbocycles. The van der Waals surface area contributed by atoms with E-state index in [4.69, 9.17) is 5.73 Å². The molecule has 0 unspecified atom stereocenters. The van der Waals surface area contributed by atoms with Crippen molar-refractivity contribution in [3.63, 3.8) is 0 Å². The topological polar surface area (TPSA) is 58.4 Å². The summed E-state index contributed by atoms with van der Waals surface area (Å²) in [5, 5.41) is 2.93. The third-order valence-corrected chi connectivity index (χ3v) is 2.65. The van der Waals surface area contributed by atoms with Gasteiger partial charge in [0.05, 0.1) is 0 Å². The Morgan fingerprint density at radius 3 is 2.44 bits per heavy atom. The summed E-state index contributed by atoms with van der Waals surface area (Å²) in [5.41, 5.74) is 5.66. The van der Waals surface area contributed by atoms with Crippen molar-refractivity contribution in [3.8, 4) is 0 Å². The monoisotopic (exact) mass is 229 g/mol. The number of nitrogens with one attached hydrogen (secondary N) is 1. The standard InChI is InChI=1S/C12H27N3O/c1-5-7-8-14-11(16)15(6-2)10-12(3,4)9-13/h5-10,13H2,1-4H3,(H,14,16). The molecular weight excluding hydrogens is 202 g/mol. The Bertz CT molecular complexity index is 204. The highest BCUT2D eigenvalue weighted by atomic mass is 16.2. The Labute approximate surface area is 99.6 Å². The molecule has 0 saturated heterocycles. The van der Waals surface area contributed by atoms with Crippen molar-refractivity contribution < 1.29 is 4.79 Å². The van der Waals surface area contributed by atoms with E-state index < -0.39 is 0 Å². The number of nitrogens with two attached hydrogens (primary N) is 1. The van der Waals surface area contributed by atoms with E-state index in [0.29, 0.717) is 13.1 Å². The summed E-state index contributed by atoms with van der Waals surface area (Å²) >= 11 is 0. The van der Waals surface area contributed by atoms with Crippen LogP contribution in [0, 0.1) is 5.41 Å². The number of nitrogens with zero attached hydrogens (tertiary/aromatic N) is 1. The highest BCUT2D eigenvalue weighted by Gasteiger charge is 2.22. The number of rotatable bonds is 7. The summed E-state index contributed by atoms with van der Waals surface area (Å²) in [7, 11) is 0. The van der Waals surface area contributed by atoms with Crippen molar-refractivity contribution in [3.05, 3.63) is 0 Å². The highest BCUT2D eigenvalue weighted by Crippen LogP contribution is 2.14. The predicted octanol–water partition coefficient (Wildman–Crippen LogP) is 1.80. The second-order valence-corrected chi connectivity index (χ2v) is 4.97. The summed E-state index contributed by atoms with van der Waals surface area (Å²) in [6, 6.07) is 0.0254. The molecule has 0 aliphatic heterocycles. The number of hydrogen-bond donors (Lipinski definition) is 2. The van der Waals surface area contributed by atoms with Crippen molar-refractivity contribution in [2.75, 3.05) is 26.2 Å². The van der Waals surface area contributed by atoms with Gasteiger partial charge in [-0.15, -0.1) is 0 Å². The van der Waals surface area contributed by atoms with Crippen molar-refractivity contribution >= 4 is 6.03 Å². The SMILES string of the molecule is CCCCNC(=O)N(CC)CC(C)(C)CN. The Kier molecular flexibility index (Phi) is 7.13. The molecule has 4 heteroatoms. The first-order valence-corrected chi connectivity index (χ1v) is 6.19. The van der Waals surface area contributed by atoms with Crippen LogP contribution in [0.25, 0.3) is 0 Å². The van der Waals surface area contributed by atoms with Gasteiger partial charge in [0, 0.05) is 19.6 Å². The van der Waals surface area contributed by atoms with Crippen molar-refractivity contribution in [1.82, 2.24) is 10.2 Å². The first-order chi connectivity index (χ1) is 7.46. The zero-order valence-corrected chi connectivity index (χ0v) is 11.2. The summed E-state index contributed by atoms with van der Waals surface area (Å²) < 4.78 is 0. The van der Waals surface area contributed by atoms with Gasteiger partial charge in [0.2, 0.25) is 0 Å². The maximum absolute atomic E-state index is 11.8. The molecule has 3 N–H and O–H groups in total. The number of carbonyl (C=O) groups excluding carboxylic acids is 1. The zero-order chi connectivity index (χ0) is 12.6. The van der Waals surface area contributed by atoms with Crippen molar-refractivity contribution in [2.24, 2.45) is 11.1 Å². The van der Waals surface area contributed by atoms with Crippen LogP contribution in [-0.4, -0.2) is 37.1 Å². The fraction of sp³-hybridized carbons (Fsp3) is 0.917. The average molecular weight is 229 g/mol. The van der Waals surface area contributed by atoms with Gasteiger partial charge in [-0.25, -0.2) is 4.79 Å². The van der Waals surface area contributed by atoms with E-state index in [-0.39, 0.29) is 11.4 Å². The molecule has 0 bridgehead atoms. The number of carbonyl (C=O) groups is 1. The highest BCUT2D eigenvalue weighted by molar-refractivity contribution is 5.74. The lowest BCUT2D eigenvalue weighted by Gasteiger charge is -2.31. The van der Waals surface area contributed by atoms with Crippen LogP contribution in [0.2, 0.25) is 0 Å². The van der Waals surface area contributed by atoms with Crippen LogP contribution >= 0.6 is 0 Å². The van der Waals surface area contributed by atoms with E-state index in [1.165, 1.54) is 0 Å². The van der Waals surface area contributed by atoms with Crippen LogP contribution in [0.15, 0.2) is 0 Å². The fourth-order valence-corrected chi connectivity index (χ4v) is 1.39. The molecule has 0 aromatic carbocycles. The normalized spacial score (nSPS) is 11.3. The average Bonchev–Trinajstić information content (AvgIpc) is 2.26. The lowest BCUT2D eigenvalue weighted by Crippen LogP contribution is -2.46. The van der Waals surface area contributed by atoms with Gasteiger partial charge >= 0.3 is 6.03 Å². The van der Waals surface area contributed by atoms with Gasteiger partial charge in [-0.3, -0.25) is 0 Å². The maximum Gasteiger partial charge on any atom is 0.317 e. The lowest BCUT2D eigenvalue weighted by molar-refractivity contribution is 0.173. The minimum atomic E-state index is -0.0158. The molecule has 0 atom stereocenters. The number of unbranched alkanes of at least 4 members (excludes halogenated alkanes) is 1. The Hall–Kier alpha value is -0.770. The van der Waals surface area contributed by atoms with Gasteiger partial charge in [-0.2, -0.15) is 0 Å². The van der Waals surface area contributed by atoms with E-state index >= 15 is 0 Å². The van der Waals surface area contributed by atoms with Gasteiger partial charge in [0.15, 0.2) is 0 Å². The molecular formula is C12H27N3O. The molecule has 0 aromatic rings. The summed E-state index contributed by atoms with van der Waals surface area (Å²) in [6.45, 7) is 11.0. The molecule has 0 radical (unpaired) electrons. The number of hydrogen-bond acceptors (Lipinski definition) is 2. The van der Waals surface area contributed by atoms with Crippen LogP contribution in [-0.2, 0) is 0 Å². The van der Waals surface area contributed by atoms with E-state index in [2.05, 4.69) is 26.1 Å². The fourth-order valence-electron chi connectivity index (χ4n) is 1.39. The zero-order valence-electron chi connectivity index (χ0n) is 11.2. The maximum atomic E-state index is 11.8. The number of amides is 2. The molecule has 16 heavy (non-hydrogen) atoms. The van der Waals surface area contributed by atoms with Crippen LogP contribution < -0.4 is 11.1 Å². The number of urea groups is 1. The lowest BCUT2D eigenvalue weighted by atomic mass is 9.93. The summed E-state index contributed by atoms with van der Waals surface area (Å²) in [5.74, 6) is 0. The third kappa shape index (κ3) is 5.95. The summed E-state index contributed by atoms with van der Waals surface area (Å²) in [4.78, 5) is 13.6. The third-order valence-electron chi connectivity index (χ3n) is 2.65. The Balaban J connectivity index is 4.11. The van der Waals surface area contributed by atoms with Gasteiger partial charge in [-0.05, 0) is 25.3 Å². The molecule has 0 heterocycles. The molecule has 0 spiro atoms. The molecule has 0 fully saturated rings. The molecule has 0 saturated carbocycles. The van der Waals surface area contributed by atoms with Crippen LogP contribution in [0.4, 0.5) is 4.79 Å². The van der Waals surface area contributed by atoms with E-state index in [0.717, 1.165) is 25.9 Å². The largest absolute Gasteiger partial charge is 0.338 e. The second kappa shape index (κ2) is 7.49. The minimum Gasteiger partial charge on any atom is -0.338 e. The van der Waals surface area contributed by atoms with Crippen molar-refractivity contribution in [2.45, 2.75) is 40.5 Å². The molecule has 4 nitrogen and oxygen atoms in total. The van der Waals surface area contributed by atoms with Crippen LogP contribution in [0.3, 0.4) is 0 Å².